The minimum atomic E-state index is -0.545. The van der Waals surface area contributed by atoms with Crippen LogP contribution in [0.5, 0.6) is 0 Å². The van der Waals surface area contributed by atoms with E-state index in [-0.39, 0.29) is 21.9 Å². The lowest BCUT2D eigenvalue weighted by Crippen LogP contribution is -2.50. The van der Waals surface area contributed by atoms with Gasteiger partial charge in [-0.3, -0.25) is 9.59 Å². The van der Waals surface area contributed by atoms with Gasteiger partial charge in [-0.1, -0.05) is 42.5 Å². The second kappa shape index (κ2) is 7.84. The topological polar surface area (TPSA) is 66.9 Å². The normalized spacial score (nSPS) is 14.7. The summed E-state index contributed by atoms with van der Waals surface area (Å²) in [7, 11) is 0. The Morgan fingerprint density at radius 3 is 2.44 bits per heavy atom. The summed E-state index contributed by atoms with van der Waals surface area (Å²) in [5, 5.41) is 3.51. The molecule has 1 aromatic heterocycles. The molecule has 5 nitrogen and oxygen atoms in total. The second-order valence-electron chi connectivity index (χ2n) is 8.04. The highest BCUT2D eigenvalue weighted by Gasteiger charge is 2.40. The number of nitrogens with zero attached hydrogens (tertiary/aromatic N) is 1. The van der Waals surface area contributed by atoms with E-state index in [1.54, 1.807) is 30.3 Å². The van der Waals surface area contributed by atoms with Crippen LogP contribution in [0.3, 0.4) is 0 Å². The van der Waals surface area contributed by atoms with Crippen LogP contribution in [0.2, 0.25) is 0 Å². The third-order valence-electron chi connectivity index (χ3n) is 6.14. The van der Waals surface area contributed by atoms with Gasteiger partial charge in [-0.25, -0.2) is 8.96 Å². The fraction of sp³-hybridized carbons (Fsp3) is 0.160. The predicted molar refractivity (Wildman–Crippen MR) is 124 cm³/mol. The number of amides is 1. The molecular formula is C25H20FN3O2S. The lowest BCUT2D eigenvalue weighted by molar-refractivity contribution is 0.0823. The number of benzene rings is 3. The van der Waals surface area contributed by atoms with Crippen molar-refractivity contribution in [3.05, 3.63) is 105 Å². The maximum absolute atomic E-state index is 14.3. The maximum Gasteiger partial charge on any atom is 0.266 e. The number of H-pyrrole nitrogens is 1. The van der Waals surface area contributed by atoms with Gasteiger partial charge in [-0.2, -0.15) is 0 Å². The van der Waals surface area contributed by atoms with E-state index in [9.17, 15) is 14.0 Å². The maximum atomic E-state index is 14.3. The standard InChI is InChI=1S/C25H20FN3O2S/c26-19-9-4-5-10-21(19)29-23(31)18-12-11-16(15-20(18)27-24(29)32)22(30)28-25(13-6-14-25)17-7-2-1-3-8-17/h1-5,7-12,15H,6,13-14H2,(H,27,32)(H,28,30). The van der Waals surface area contributed by atoms with Gasteiger partial charge in [0.25, 0.3) is 11.5 Å². The van der Waals surface area contributed by atoms with Crippen molar-refractivity contribution in [3.63, 3.8) is 0 Å². The van der Waals surface area contributed by atoms with Crippen LogP contribution in [0.25, 0.3) is 16.6 Å². The van der Waals surface area contributed by atoms with Gasteiger partial charge in [-0.15, -0.1) is 0 Å². The molecule has 7 heteroatoms. The predicted octanol–water partition coefficient (Wildman–Crippen LogP) is 5.00. The van der Waals surface area contributed by atoms with Crippen molar-refractivity contribution in [2.24, 2.45) is 0 Å². The second-order valence-corrected chi connectivity index (χ2v) is 8.42. The molecule has 0 atom stereocenters. The number of fused-ring (bicyclic) bond motifs is 1. The number of hydrogen-bond acceptors (Lipinski definition) is 3. The minimum Gasteiger partial charge on any atom is -0.343 e. The highest BCUT2D eigenvalue weighted by Crippen LogP contribution is 2.41. The van der Waals surface area contributed by atoms with Gasteiger partial charge < -0.3 is 10.3 Å². The summed E-state index contributed by atoms with van der Waals surface area (Å²) in [6.07, 6.45) is 2.81. The first-order chi connectivity index (χ1) is 15.5. The lowest BCUT2D eigenvalue weighted by atomic mass is 9.71. The number of carbonyl (C=O) groups is 1. The molecule has 0 unspecified atom stereocenters. The zero-order valence-corrected chi connectivity index (χ0v) is 17.9. The number of halogens is 1. The Morgan fingerprint density at radius 2 is 1.75 bits per heavy atom. The lowest BCUT2D eigenvalue weighted by Gasteiger charge is -2.43. The zero-order valence-electron chi connectivity index (χ0n) is 17.1. The van der Waals surface area contributed by atoms with Gasteiger partial charge in [0.15, 0.2) is 4.77 Å². The number of nitrogens with one attached hydrogen (secondary N) is 2. The average molecular weight is 446 g/mol. The quantitative estimate of drug-likeness (QED) is 0.435. The first kappa shape index (κ1) is 20.3. The Kier molecular flexibility index (Phi) is 4.98. The molecule has 0 radical (unpaired) electrons. The molecule has 1 amide bonds. The van der Waals surface area contributed by atoms with Crippen LogP contribution in [0.4, 0.5) is 4.39 Å². The molecule has 4 aromatic rings. The van der Waals surface area contributed by atoms with E-state index in [4.69, 9.17) is 12.2 Å². The number of aromatic nitrogens is 2. The van der Waals surface area contributed by atoms with E-state index >= 15 is 0 Å². The summed E-state index contributed by atoms with van der Waals surface area (Å²) < 4.78 is 15.5. The summed E-state index contributed by atoms with van der Waals surface area (Å²) in [5.74, 6) is -0.760. The molecule has 1 aliphatic carbocycles. The molecule has 0 bridgehead atoms. The molecule has 1 heterocycles. The van der Waals surface area contributed by atoms with E-state index < -0.39 is 11.4 Å². The van der Waals surface area contributed by atoms with Crippen LogP contribution >= 0.6 is 12.2 Å². The fourth-order valence-electron chi connectivity index (χ4n) is 4.27. The molecule has 0 spiro atoms. The van der Waals surface area contributed by atoms with E-state index in [1.165, 1.54) is 12.1 Å². The van der Waals surface area contributed by atoms with Crippen LogP contribution in [0.1, 0.15) is 35.2 Å². The van der Waals surface area contributed by atoms with Gasteiger partial charge in [0.2, 0.25) is 0 Å². The van der Waals surface area contributed by atoms with Crippen LogP contribution in [-0.4, -0.2) is 15.5 Å². The minimum absolute atomic E-state index is 0.0601. The molecule has 1 saturated carbocycles. The molecule has 1 fully saturated rings. The summed E-state index contributed by atoms with van der Waals surface area (Å²) in [5.41, 5.74) is 1.22. The van der Waals surface area contributed by atoms with Crippen molar-refractivity contribution in [2.45, 2.75) is 24.8 Å². The summed E-state index contributed by atoms with van der Waals surface area (Å²) in [6.45, 7) is 0. The van der Waals surface area contributed by atoms with Gasteiger partial charge in [0.05, 0.1) is 22.1 Å². The fourth-order valence-corrected chi connectivity index (χ4v) is 4.57. The number of hydrogen-bond donors (Lipinski definition) is 2. The third kappa shape index (κ3) is 3.35. The van der Waals surface area contributed by atoms with Crippen LogP contribution in [-0.2, 0) is 5.54 Å². The molecule has 3 aromatic carbocycles. The van der Waals surface area contributed by atoms with Gasteiger partial charge in [-0.05, 0) is 67.4 Å². The van der Waals surface area contributed by atoms with Crippen molar-refractivity contribution >= 4 is 29.0 Å². The Bertz CT molecular complexity index is 1460. The summed E-state index contributed by atoms with van der Waals surface area (Å²) in [4.78, 5) is 29.1. The Hall–Kier alpha value is -3.58. The monoisotopic (exact) mass is 445 g/mol. The van der Waals surface area contributed by atoms with E-state index in [1.807, 2.05) is 30.3 Å². The van der Waals surface area contributed by atoms with Crippen molar-refractivity contribution in [1.29, 1.82) is 0 Å². The Balaban J connectivity index is 1.52. The van der Waals surface area contributed by atoms with Gasteiger partial charge in [0, 0.05) is 5.56 Å². The number of carbonyl (C=O) groups excluding carboxylic acids is 1. The molecule has 2 N–H and O–H groups in total. The summed E-state index contributed by atoms with van der Waals surface area (Å²) >= 11 is 5.34. The van der Waals surface area contributed by atoms with Crippen LogP contribution in [0.15, 0.2) is 77.6 Å². The number of rotatable bonds is 4. The molecule has 32 heavy (non-hydrogen) atoms. The first-order valence-corrected chi connectivity index (χ1v) is 10.8. The van der Waals surface area contributed by atoms with Gasteiger partial charge in [0.1, 0.15) is 5.82 Å². The molecule has 0 saturated heterocycles. The Morgan fingerprint density at radius 1 is 1.03 bits per heavy atom. The first-order valence-electron chi connectivity index (χ1n) is 10.4. The average Bonchev–Trinajstić information content (AvgIpc) is 2.77. The molecule has 0 aliphatic heterocycles. The van der Waals surface area contributed by atoms with Crippen LogP contribution < -0.4 is 10.9 Å². The highest BCUT2D eigenvalue weighted by atomic mass is 32.1. The van der Waals surface area contributed by atoms with Crippen molar-refractivity contribution in [3.8, 4) is 5.69 Å². The smallest absolute Gasteiger partial charge is 0.266 e. The highest BCUT2D eigenvalue weighted by molar-refractivity contribution is 7.71. The van der Waals surface area contributed by atoms with Crippen molar-refractivity contribution in [1.82, 2.24) is 14.9 Å². The van der Waals surface area contributed by atoms with E-state index in [0.29, 0.717) is 16.5 Å². The van der Waals surface area contributed by atoms with Gasteiger partial charge >= 0.3 is 0 Å². The number of aromatic amines is 1. The Labute approximate surface area is 188 Å². The SMILES string of the molecule is O=C(NC1(c2ccccc2)CCC1)c1ccc2c(=O)n(-c3ccccc3F)c(=S)[nH]c2c1. The molecule has 1 aliphatic rings. The van der Waals surface area contributed by atoms with Crippen LogP contribution in [0, 0.1) is 10.6 Å². The van der Waals surface area contributed by atoms with Crippen molar-refractivity contribution in [2.75, 3.05) is 0 Å². The largest absolute Gasteiger partial charge is 0.343 e. The number of para-hydroxylation sites is 1. The summed E-state index contributed by atoms with van der Waals surface area (Å²) in [6, 6.07) is 20.7. The molecule has 160 valence electrons. The van der Waals surface area contributed by atoms with Crippen molar-refractivity contribution < 1.29 is 9.18 Å². The third-order valence-corrected chi connectivity index (χ3v) is 6.42. The van der Waals surface area contributed by atoms with E-state index in [0.717, 1.165) is 29.4 Å². The zero-order chi connectivity index (χ0) is 22.3. The van der Waals surface area contributed by atoms with E-state index in [2.05, 4.69) is 10.3 Å². The molecule has 5 rings (SSSR count). The molecular weight excluding hydrogens is 425 g/mol.